The molecule has 1 aliphatic heterocycles. The van der Waals surface area contributed by atoms with Crippen LogP contribution in [0.25, 0.3) is 0 Å². The van der Waals surface area contributed by atoms with E-state index in [1.807, 2.05) is 12.1 Å². The topological polar surface area (TPSA) is 52.7 Å². The Morgan fingerprint density at radius 1 is 1.08 bits per heavy atom. The molecule has 5 nitrogen and oxygen atoms in total. The molecule has 25 heavy (non-hydrogen) atoms. The highest BCUT2D eigenvalue weighted by Gasteiger charge is 2.19. The van der Waals surface area contributed by atoms with Crippen LogP contribution < -0.4 is 15.1 Å². The molecule has 0 radical (unpaired) electrons. The second-order valence-electron chi connectivity index (χ2n) is 7.18. The molecule has 0 aromatic heterocycles. The zero-order valence-corrected chi connectivity index (χ0v) is 15.2. The molecule has 1 aromatic carbocycles. The average molecular weight is 343 g/mol. The van der Waals surface area contributed by atoms with Crippen LogP contribution in [0.2, 0.25) is 0 Å². The van der Waals surface area contributed by atoms with Gasteiger partial charge < -0.3 is 15.1 Å². The first-order chi connectivity index (χ1) is 12.1. The molecule has 2 fully saturated rings. The SMILES string of the molecule is CC(=O)N(CCC(=O)NC1CCCC1)c1ccc(N2CCCC2)cc1. The predicted molar refractivity (Wildman–Crippen MR) is 101 cm³/mol. The number of hydrogen-bond donors (Lipinski definition) is 1. The minimum atomic E-state index is -0.0254. The van der Waals surface area contributed by atoms with Crippen LogP contribution in [0.4, 0.5) is 11.4 Å². The molecule has 0 atom stereocenters. The molecule has 2 aliphatic rings. The monoisotopic (exact) mass is 343 g/mol. The summed E-state index contributed by atoms with van der Waals surface area (Å²) < 4.78 is 0. The van der Waals surface area contributed by atoms with Crippen molar-refractivity contribution >= 4 is 23.2 Å². The Labute approximate surface area is 150 Å². The Morgan fingerprint density at radius 2 is 1.72 bits per heavy atom. The Balaban J connectivity index is 1.56. The minimum Gasteiger partial charge on any atom is -0.372 e. The molecule has 3 rings (SSSR count). The second-order valence-corrected chi connectivity index (χ2v) is 7.18. The Bertz CT molecular complexity index is 587. The van der Waals surface area contributed by atoms with E-state index in [1.54, 1.807) is 11.8 Å². The van der Waals surface area contributed by atoms with E-state index >= 15 is 0 Å². The molecule has 2 amide bonds. The number of anilines is 2. The number of hydrogen-bond acceptors (Lipinski definition) is 3. The molecule has 0 unspecified atom stereocenters. The van der Waals surface area contributed by atoms with Gasteiger partial charge in [0.15, 0.2) is 0 Å². The van der Waals surface area contributed by atoms with Gasteiger partial charge in [0.1, 0.15) is 0 Å². The van der Waals surface area contributed by atoms with E-state index in [0.717, 1.165) is 31.6 Å². The van der Waals surface area contributed by atoms with Crippen molar-refractivity contribution in [2.75, 3.05) is 29.4 Å². The summed E-state index contributed by atoms with van der Waals surface area (Å²) in [6.07, 6.45) is 7.42. The van der Waals surface area contributed by atoms with Gasteiger partial charge in [-0.15, -0.1) is 0 Å². The molecule has 5 heteroatoms. The number of carbonyl (C=O) groups excluding carboxylic acids is 2. The number of nitrogens with zero attached hydrogens (tertiary/aromatic N) is 2. The van der Waals surface area contributed by atoms with E-state index in [9.17, 15) is 9.59 Å². The van der Waals surface area contributed by atoms with Crippen LogP contribution in [0.1, 0.15) is 51.9 Å². The second kappa shape index (κ2) is 8.37. The first kappa shape index (κ1) is 17.8. The van der Waals surface area contributed by atoms with E-state index in [0.29, 0.717) is 19.0 Å². The highest BCUT2D eigenvalue weighted by atomic mass is 16.2. The summed E-state index contributed by atoms with van der Waals surface area (Å²) in [6, 6.07) is 8.47. The molecule has 1 N–H and O–H groups in total. The van der Waals surface area contributed by atoms with Crippen LogP contribution >= 0.6 is 0 Å². The van der Waals surface area contributed by atoms with Gasteiger partial charge in [-0.05, 0) is 49.9 Å². The summed E-state index contributed by atoms with van der Waals surface area (Å²) in [4.78, 5) is 28.2. The van der Waals surface area contributed by atoms with Gasteiger partial charge in [-0.1, -0.05) is 12.8 Å². The fourth-order valence-corrected chi connectivity index (χ4v) is 3.87. The number of benzene rings is 1. The summed E-state index contributed by atoms with van der Waals surface area (Å²) in [6.45, 7) is 4.20. The van der Waals surface area contributed by atoms with Crippen molar-refractivity contribution in [3.8, 4) is 0 Å². The van der Waals surface area contributed by atoms with Gasteiger partial charge in [0.05, 0.1) is 0 Å². The van der Waals surface area contributed by atoms with Crippen molar-refractivity contribution in [2.24, 2.45) is 0 Å². The smallest absolute Gasteiger partial charge is 0.223 e. The normalized spacial score (nSPS) is 17.7. The van der Waals surface area contributed by atoms with Crippen LogP contribution in [0, 0.1) is 0 Å². The van der Waals surface area contributed by atoms with Crippen molar-refractivity contribution in [3.63, 3.8) is 0 Å². The minimum absolute atomic E-state index is 0.0254. The molecule has 0 spiro atoms. The third kappa shape index (κ3) is 4.74. The van der Waals surface area contributed by atoms with Crippen molar-refractivity contribution in [1.29, 1.82) is 0 Å². The third-order valence-electron chi connectivity index (χ3n) is 5.30. The first-order valence-corrected chi connectivity index (χ1v) is 9.56. The average Bonchev–Trinajstić information content (AvgIpc) is 3.29. The van der Waals surface area contributed by atoms with Crippen LogP contribution in [-0.2, 0) is 9.59 Å². The van der Waals surface area contributed by atoms with E-state index < -0.39 is 0 Å². The molecule has 1 saturated heterocycles. The van der Waals surface area contributed by atoms with Gasteiger partial charge in [-0.3, -0.25) is 9.59 Å². The molecule has 1 aromatic rings. The molecule has 1 saturated carbocycles. The van der Waals surface area contributed by atoms with Crippen molar-refractivity contribution < 1.29 is 9.59 Å². The summed E-state index contributed by atoms with van der Waals surface area (Å²) >= 11 is 0. The fourth-order valence-electron chi connectivity index (χ4n) is 3.87. The van der Waals surface area contributed by atoms with Gasteiger partial charge in [0.2, 0.25) is 11.8 Å². The van der Waals surface area contributed by atoms with Crippen molar-refractivity contribution in [2.45, 2.75) is 57.9 Å². The number of amides is 2. The van der Waals surface area contributed by atoms with Crippen LogP contribution in [-0.4, -0.2) is 37.5 Å². The number of rotatable bonds is 6. The van der Waals surface area contributed by atoms with Crippen LogP contribution in [0.5, 0.6) is 0 Å². The molecule has 1 aliphatic carbocycles. The quantitative estimate of drug-likeness (QED) is 0.863. The maximum Gasteiger partial charge on any atom is 0.223 e. The largest absolute Gasteiger partial charge is 0.372 e. The van der Waals surface area contributed by atoms with Crippen molar-refractivity contribution in [3.05, 3.63) is 24.3 Å². The molecular weight excluding hydrogens is 314 g/mol. The highest BCUT2D eigenvalue weighted by Crippen LogP contribution is 2.24. The Morgan fingerprint density at radius 3 is 2.32 bits per heavy atom. The lowest BCUT2D eigenvalue weighted by atomic mass is 10.2. The Hall–Kier alpha value is -2.04. The van der Waals surface area contributed by atoms with E-state index in [2.05, 4.69) is 22.3 Å². The number of carbonyl (C=O) groups is 2. The van der Waals surface area contributed by atoms with E-state index in [1.165, 1.54) is 31.4 Å². The standard InChI is InChI=1S/C20H29N3O2/c1-16(24)23(15-12-20(25)21-17-6-2-3-7-17)19-10-8-18(9-11-19)22-13-4-5-14-22/h8-11,17H,2-7,12-15H2,1H3,(H,21,25). The van der Waals surface area contributed by atoms with Gasteiger partial charge in [0, 0.05) is 50.4 Å². The van der Waals surface area contributed by atoms with Gasteiger partial charge in [0.25, 0.3) is 0 Å². The Kier molecular flexibility index (Phi) is 5.95. The lowest BCUT2D eigenvalue weighted by Gasteiger charge is -2.23. The lowest BCUT2D eigenvalue weighted by molar-refractivity contribution is -0.121. The predicted octanol–water partition coefficient (Wildman–Crippen LogP) is 3.09. The third-order valence-corrected chi connectivity index (χ3v) is 5.30. The zero-order chi connectivity index (χ0) is 17.6. The zero-order valence-electron chi connectivity index (χ0n) is 15.2. The fraction of sp³-hybridized carbons (Fsp3) is 0.600. The summed E-state index contributed by atoms with van der Waals surface area (Å²) in [5.74, 6) is 0.0226. The summed E-state index contributed by atoms with van der Waals surface area (Å²) in [5.41, 5.74) is 2.08. The lowest BCUT2D eigenvalue weighted by Crippen LogP contribution is -2.37. The summed E-state index contributed by atoms with van der Waals surface area (Å²) in [7, 11) is 0. The number of nitrogens with one attached hydrogen (secondary N) is 1. The highest BCUT2D eigenvalue weighted by molar-refractivity contribution is 5.92. The van der Waals surface area contributed by atoms with Gasteiger partial charge in [-0.25, -0.2) is 0 Å². The molecule has 0 bridgehead atoms. The molecule has 1 heterocycles. The first-order valence-electron chi connectivity index (χ1n) is 9.56. The van der Waals surface area contributed by atoms with Gasteiger partial charge >= 0.3 is 0 Å². The van der Waals surface area contributed by atoms with Crippen LogP contribution in [0.3, 0.4) is 0 Å². The molecular formula is C20H29N3O2. The van der Waals surface area contributed by atoms with Gasteiger partial charge in [-0.2, -0.15) is 0 Å². The van der Waals surface area contributed by atoms with Crippen molar-refractivity contribution in [1.82, 2.24) is 5.32 Å². The van der Waals surface area contributed by atoms with E-state index in [4.69, 9.17) is 0 Å². The maximum absolute atomic E-state index is 12.1. The van der Waals surface area contributed by atoms with Crippen LogP contribution in [0.15, 0.2) is 24.3 Å². The van der Waals surface area contributed by atoms with E-state index in [-0.39, 0.29) is 11.8 Å². The molecule has 136 valence electrons. The maximum atomic E-state index is 12.1. The summed E-state index contributed by atoms with van der Waals surface area (Å²) in [5, 5.41) is 3.09.